The van der Waals surface area contributed by atoms with Crippen molar-refractivity contribution >= 4 is 58.5 Å². The van der Waals surface area contributed by atoms with Gasteiger partial charge in [-0.2, -0.15) is 0 Å². The normalized spacial score (nSPS) is 10.0. The zero-order chi connectivity index (χ0) is 12.6. The second-order valence-electron chi connectivity index (χ2n) is 3.04. The Balaban J connectivity index is 4.04. The summed E-state index contributed by atoms with van der Waals surface area (Å²) in [5.74, 6) is 0. The number of hydrogen-bond acceptors (Lipinski definition) is 2. The van der Waals surface area contributed by atoms with Crippen molar-refractivity contribution in [3.8, 4) is 0 Å². The molecule has 0 aliphatic rings. The van der Waals surface area contributed by atoms with Gasteiger partial charge in [0.15, 0.2) is 0 Å². The molecule has 16 heavy (non-hydrogen) atoms. The second-order valence-corrected chi connectivity index (χ2v) is 10.9. The van der Waals surface area contributed by atoms with Crippen LogP contribution in [0.25, 0.3) is 0 Å². The molecule has 0 aliphatic carbocycles. The van der Waals surface area contributed by atoms with Gasteiger partial charge in [0.05, 0.1) is 0 Å². The van der Waals surface area contributed by atoms with Gasteiger partial charge in [-0.3, -0.25) is 0 Å². The first-order valence-electron chi connectivity index (χ1n) is 5.52. The van der Waals surface area contributed by atoms with Crippen LogP contribution in [0.2, 0.25) is 0 Å². The molecule has 0 radical (unpaired) electrons. The molecule has 0 heterocycles. The van der Waals surface area contributed by atoms with Gasteiger partial charge in [-0.1, -0.05) is 0 Å². The number of hydrogen-bond donors (Lipinski definition) is 0. The van der Waals surface area contributed by atoms with Crippen molar-refractivity contribution in [2.75, 3.05) is 26.2 Å². The van der Waals surface area contributed by atoms with Gasteiger partial charge in [0.1, 0.15) is 0 Å². The van der Waals surface area contributed by atoms with Gasteiger partial charge in [-0.15, -0.1) is 0 Å². The molecule has 0 aromatic carbocycles. The second kappa shape index (κ2) is 9.81. The van der Waals surface area contributed by atoms with E-state index in [-0.39, 0.29) is 0 Å². The molecule has 0 aromatic rings. The van der Waals surface area contributed by atoms with E-state index in [1.165, 1.54) is 0 Å². The van der Waals surface area contributed by atoms with Gasteiger partial charge < -0.3 is 0 Å². The summed E-state index contributed by atoms with van der Waals surface area (Å²) in [6, 6.07) is 0. The van der Waals surface area contributed by atoms with Gasteiger partial charge in [0.25, 0.3) is 0 Å². The summed E-state index contributed by atoms with van der Waals surface area (Å²) < 4.78 is 2.26. The Morgan fingerprint density at radius 3 is 1.19 bits per heavy atom. The summed E-state index contributed by atoms with van der Waals surface area (Å²) in [6.07, 6.45) is 0. The van der Waals surface area contributed by atoms with Crippen LogP contribution < -0.4 is 0 Å². The molecule has 2 nitrogen and oxygen atoms in total. The van der Waals surface area contributed by atoms with Crippen molar-refractivity contribution in [1.29, 1.82) is 0 Å². The molecule has 94 valence electrons. The van der Waals surface area contributed by atoms with Crippen LogP contribution in [-0.2, 0) is 0 Å². The van der Waals surface area contributed by atoms with E-state index in [9.17, 15) is 0 Å². The number of rotatable bonds is 7. The van der Waals surface area contributed by atoms with Gasteiger partial charge in [-0.05, 0) is 0 Å². The minimum absolute atomic E-state index is 0.397. The molecule has 0 aromatic heterocycles. The van der Waals surface area contributed by atoms with Crippen molar-refractivity contribution in [1.82, 2.24) is 9.80 Å². The third-order valence-corrected chi connectivity index (χ3v) is 12.3. The third kappa shape index (κ3) is 5.94. The average molecular weight is 390 g/mol. The summed E-state index contributed by atoms with van der Waals surface area (Å²) in [7, 11) is 0. The Morgan fingerprint density at radius 1 is 0.750 bits per heavy atom. The van der Waals surface area contributed by atoms with Gasteiger partial charge in [0.2, 0.25) is 0 Å². The first-order valence-corrected chi connectivity index (χ1v) is 12.4. The summed E-state index contributed by atoms with van der Waals surface area (Å²) in [6.45, 7) is 12.7. The topological polar surface area (TPSA) is 6.48 Å². The molecule has 0 fully saturated rings. The Morgan fingerprint density at radius 2 is 1.00 bits per heavy atom. The Bertz CT molecular complexity index is 205. The SMILES string of the molecule is CCN(CC)C(=S)[Se][Se]C(=S)N(CC)CC. The van der Waals surface area contributed by atoms with E-state index in [1.54, 1.807) is 0 Å². The van der Waals surface area contributed by atoms with Crippen molar-refractivity contribution < 1.29 is 0 Å². The first kappa shape index (κ1) is 16.8. The minimum atomic E-state index is 0.397. The van der Waals surface area contributed by atoms with Crippen LogP contribution in [0.3, 0.4) is 0 Å². The molecule has 0 amide bonds. The predicted octanol–water partition coefficient (Wildman–Crippen LogP) is 1.56. The van der Waals surface area contributed by atoms with E-state index in [0.717, 1.165) is 34.0 Å². The van der Waals surface area contributed by atoms with Gasteiger partial charge in [-0.25, -0.2) is 0 Å². The standard InChI is InChI=1S/C10H20N2S2Se2/c1-5-11(6-2)9(13)15-16-10(14)12(7-3)8-4/h5-8H2,1-4H3. The molecule has 0 bridgehead atoms. The molecular weight excluding hydrogens is 370 g/mol. The van der Waals surface area contributed by atoms with E-state index in [0.29, 0.717) is 26.3 Å². The van der Waals surface area contributed by atoms with E-state index >= 15 is 0 Å². The number of nitrogens with zero attached hydrogens (tertiary/aromatic N) is 2. The Hall–Kier alpha value is 0.819. The van der Waals surface area contributed by atoms with Crippen molar-refractivity contribution in [2.24, 2.45) is 0 Å². The van der Waals surface area contributed by atoms with E-state index in [2.05, 4.69) is 37.5 Å². The van der Waals surface area contributed by atoms with Crippen LogP contribution in [0.4, 0.5) is 0 Å². The van der Waals surface area contributed by atoms with Gasteiger partial charge in [0, 0.05) is 0 Å². The zero-order valence-electron chi connectivity index (χ0n) is 10.4. The van der Waals surface area contributed by atoms with Crippen LogP contribution in [0.1, 0.15) is 27.7 Å². The molecule has 0 N–H and O–H groups in total. The molecule has 0 saturated carbocycles. The summed E-state index contributed by atoms with van der Waals surface area (Å²) >= 11 is 11.7. The van der Waals surface area contributed by atoms with E-state index in [1.807, 2.05) is 0 Å². The number of thiocarbonyl (C=S) groups is 2. The molecular formula is C10H20N2S2Se2. The van der Waals surface area contributed by atoms with Crippen LogP contribution in [0.5, 0.6) is 0 Å². The fourth-order valence-corrected chi connectivity index (χ4v) is 9.17. The molecule has 0 atom stereocenters. The maximum absolute atomic E-state index is 5.44. The molecule has 0 unspecified atom stereocenters. The molecule has 0 aliphatic heterocycles. The summed E-state index contributed by atoms with van der Waals surface area (Å²) in [4.78, 5) is 4.53. The summed E-state index contributed by atoms with van der Waals surface area (Å²) in [5.41, 5.74) is 0. The van der Waals surface area contributed by atoms with Crippen LogP contribution in [-0.4, -0.2) is 70.0 Å². The average Bonchev–Trinajstić information content (AvgIpc) is 2.29. The van der Waals surface area contributed by atoms with Crippen molar-refractivity contribution in [2.45, 2.75) is 27.7 Å². The quantitative estimate of drug-likeness (QED) is 0.481. The first-order chi connectivity index (χ1) is 7.60. The fourth-order valence-electron chi connectivity index (χ4n) is 1.14. The van der Waals surface area contributed by atoms with Crippen molar-refractivity contribution in [3.63, 3.8) is 0 Å². The van der Waals surface area contributed by atoms with E-state index in [4.69, 9.17) is 24.4 Å². The van der Waals surface area contributed by atoms with Crippen molar-refractivity contribution in [3.05, 3.63) is 0 Å². The molecule has 0 spiro atoms. The third-order valence-electron chi connectivity index (χ3n) is 2.23. The summed E-state index contributed by atoms with van der Waals surface area (Å²) in [5, 5.41) is 0. The maximum atomic E-state index is 5.44. The zero-order valence-corrected chi connectivity index (χ0v) is 15.4. The van der Waals surface area contributed by atoms with E-state index < -0.39 is 0 Å². The Labute approximate surface area is 121 Å². The molecule has 6 heteroatoms. The monoisotopic (exact) mass is 392 g/mol. The molecule has 0 rings (SSSR count). The Kier molecular flexibility index (Phi) is 10.3. The van der Waals surface area contributed by atoms with Crippen LogP contribution in [0, 0.1) is 0 Å². The molecule has 0 saturated heterocycles. The predicted molar refractivity (Wildman–Crippen MR) is 82.5 cm³/mol. The van der Waals surface area contributed by atoms with Crippen LogP contribution >= 0.6 is 24.4 Å². The van der Waals surface area contributed by atoms with Crippen LogP contribution in [0.15, 0.2) is 0 Å². The van der Waals surface area contributed by atoms with Gasteiger partial charge >= 0.3 is 122 Å². The fraction of sp³-hybridized carbons (Fsp3) is 0.800.